The van der Waals surface area contributed by atoms with Gasteiger partial charge in [0.05, 0.1) is 0 Å². The monoisotopic (exact) mass is 279 g/mol. The first-order valence-corrected chi connectivity index (χ1v) is 7.09. The van der Waals surface area contributed by atoms with E-state index in [0.29, 0.717) is 6.54 Å². The number of aryl methyl sites for hydroxylation is 2. The van der Waals surface area contributed by atoms with Crippen molar-refractivity contribution in [2.24, 2.45) is 0 Å². The first kappa shape index (κ1) is 16.5. The molecule has 0 bridgehead atoms. The third kappa shape index (κ3) is 5.61. The Labute approximate surface area is 121 Å². The van der Waals surface area contributed by atoms with Crippen LogP contribution >= 0.6 is 0 Å². The summed E-state index contributed by atoms with van der Waals surface area (Å²) < 4.78 is 5.60. The van der Waals surface area contributed by atoms with Crippen LogP contribution in [-0.4, -0.2) is 42.7 Å². The Kier molecular flexibility index (Phi) is 7.09. The number of aliphatic hydroxyl groups excluding tert-OH is 1. The molecule has 20 heavy (non-hydrogen) atoms. The van der Waals surface area contributed by atoms with Gasteiger partial charge in [0.2, 0.25) is 0 Å². The highest BCUT2D eigenvalue weighted by Gasteiger charge is 2.10. The van der Waals surface area contributed by atoms with Crippen LogP contribution in [0.1, 0.15) is 30.4 Å². The second-order valence-electron chi connectivity index (χ2n) is 5.16. The zero-order valence-electron chi connectivity index (χ0n) is 12.7. The van der Waals surface area contributed by atoms with Gasteiger partial charge in [-0.2, -0.15) is 0 Å². The van der Waals surface area contributed by atoms with E-state index >= 15 is 0 Å². The molecule has 0 atom stereocenters. The molecule has 0 aliphatic carbocycles. The Morgan fingerprint density at radius 1 is 1.25 bits per heavy atom. The lowest BCUT2D eigenvalue weighted by molar-refractivity contribution is -0.132. The second kappa shape index (κ2) is 8.59. The van der Waals surface area contributed by atoms with Crippen LogP contribution in [-0.2, 0) is 4.79 Å². The third-order valence-corrected chi connectivity index (χ3v) is 3.27. The van der Waals surface area contributed by atoms with Crippen LogP contribution in [0.5, 0.6) is 5.75 Å². The van der Waals surface area contributed by atoms with E-state index in [1.165, 1.54) is 0 Å². The minimum absolute atomic E-state index is 0.0186. The number of likely N-dealkylation sites (N-methyl/N-ethyl adjacent to an activating group) is 1. The summed E-state index contributed by atoms with van der Waals surface area (Å²) in [6.45, 7) is 4.96. The van der Waals surface area contributed by atoms with E-state index in [-0.39, 0.29) is 19.1 Å². The molecule has 1 rings (SSSR count). The number of benzene rings is 1. The van der Waals surface area contributed by atoms with Gasteiger partial charge in [-0.05, 0) is 50.3 Å². The van der Waals surface area contributed by atoms with Gasteiger partial charge < -0.3 is 14.7 Å². The number of hydrogen-bond donors (Lipinski definition) is 1. The van der Waals surface area contributed by atoms with E-state index in [9.17, 15) is 4.79 Å². The molecule has 1 aromatic rings. The van der Waals surface area contributed by atoms with Gasteiger partial charge in [-0.3, -0.25) is 4.79 Å². The summed E-state index contributed by atoms with van der Waals surface area (Å²) in [7, 11) is 1.79. The van der Waals surface area contributed by atoms with Crippen molar-refractivity contribution < 1.29 is 14.6 Å². The van der Waals surface area contributed by atoms with Gasteiger partial charge in [0, 0.05) is 20.2 Å². The van der Waals surface area contributed by atoms with Gasteiger partial charge in [-0.25, -0.2) is 0 Å². The number of carbonyl (C=O) groups is 1. The number of carbonyl (C=O) groups excluding carboxylic acids is 1. The molecule has 4 nitrogen and oxygen atoms in total. The lowest BCUT2D eigenvalue weighted by atomic mass is 10.1. The molecule has 0 saturated heterocycles. The molecule has 0 spiro atoms. The predicted molar refractivity (Wildman–Crippen MR) is 80.0 cm³/mol. The Morgan fingerprint density at radius 2 is 2.00 bits per heavy atom. The summed E-state index contributed by atoms with van der Waals surface area (Å²) in [5, 5.41) is 8.70. The average molecular weight is 279 g/mol. The first-order valence-electron chi connectivity index (χ1n) is 7.09. The molecule has 1 amide bonds. The van der Waals surface area contributed by atoms with E-state index in [1.807, 2.05) is 32.0 Å². The van der Waals surface area contributed by atoms with Crippen molar-refractivity contribution in [1.29, 1.82) is 0 Å². The minimum Gasteiger partial charge on any atom is -0.483 e. The Morgan fingerprint density at radius 3 is 2.70 bits per heavy atom. The van der Waals surface area contributed by atoms with Crippen molar-refractivity contribution in [3.05, 3.63) is 29.3 Å². The van der Waals surface area contributed by atoms with Crippen molar-refractivity contribution in [1.82, 2.24) is 4.90 Å². The van der Waals surface area contributed by atoms with E-state index in [0.717, 1.165) is 36.1 Å². The van der Waals surface area contributed by atoms with Gasteiger partial charge in [-0.1, -0.05) is 12.1 Å². The topological polar surface area (TPSA) is 49.8 Å². The molecular formula is C16H25NO3. The summed E-state index contributed by atoms with van der Waals surface area (Å²) in [5.41, 5.74) is 2.16. The quantitative estimate of drug-likeness (QED) is 0.743. The molecule has 0 heterocycles. The van der Waals surface area contributed by atoms with E-state index < -0.39 is 0 Å². The summed E-state index contributed by atoms with van der Waals surface area (Å²) >= 11 is 0. The highest BCUT2D eigenvalue weighted by Crippen LogP contribution is 2.19. The fourth-order valence-electron chi connectivity index (χ4n) is 1.87. The minimum atomic E-state index is -0.0186. The van der Waals surface area contributed by atoms with E-state index in [1.54, 1.807) is 11.9 Å². The van der Waals surface area contributed by atoms with Crippen LogP contribution in [0, 0.1) is 13.8 Å². The molecule has 0 radical (unpaired) electrons. The summed E-state index contributed by atoms with van der Waals surface area (Å²) in [6.07, 6.45) is 2.64. The molecule has 112 valence electrons. The molecule has 0 aliphatic heterocycles. The Hall–Kier alpha value is -1.55. The molecule has 1 N–H and O–H groups in total. The Balaban J connectivity index is 2.36. The number of unbranched alkanes of at least 4 members (excludes halogenated alkanes) is 2. The van der Waals surface area contributed by atoms with Crippen LogP contribution in [0.3, 0.4) is 0 Å². The van der Waals surface area contributed by atoms with Gasteiger partial charge in [0.25, 0.3) is 5.91 Å². The lowest BCUT2D eigenvalue weighted by Crippen LogP contribution is -2.32. The summed E-state index contributed by atoms with van der Waals surface area (Å²) in [4.78, 5) is 13.6. The Bertz CT molecular complexity index is 432. The van der Waals surface area contributed by atoms with Crippen LogP contribution in [0.25, 0.3) is 0 Å². The molecule has 0 unspecified atom stereocenters. The highest BCUT2D eigenvalue weighted by molar-refractivity contribution is 5.77. The van der Waals surface area contributed by atoms with Crippen LogP contribution in [0.4, 0.5) is 0 Å². The van der Waals surface area contributed by atoms with Gasteiger partial charge >= 0.3 is 0 Å². The normalized spacial score (nSPS) is 10.4. The van der Waals surface area contributed by atoms with E-state index in [2.05, 4.69) is 0 Å². The highest BCUT2D eigenvalue weighted by atomic mass is 16.5. The SMILES string of the molecule is Cc1ccc(C)c(OCC(=O)N(C)CCCCCO)c1. The molecule has 0 aromatic heterocycles. The fraction of sp³-hybridized carbons (Fsp3) is 0.562. The zero-order valence-corrected chi connectivity index (χ0v) is 12.7. The summed E-state index contributed by atoms with van der Waals surface area (Å²) in [5.74, 6) is 0.752. The van der Waals surface area contributed by atoms with Crippen LogP contribution in [0.2, 0.25) is 0 Å². The standard InChI is InChI=1S/C16H25NO3/c1-13-7-8-14(2)15(11-13)20-12-16(19)17(3)9-5-4-6-10-18/h7-8,11,18H,4-6,9-10,12H2,1-3H3. The average Bonchev–Trinajstić information content (AvgIpc) is 2.44. The fourth-order valence-corrected chi connectivity index (χ4v) is 1.87. The third-order valence-electron chi connectivity index (χ3n) is 3.27. The maximum atomic E-state index is 11.9. The van der Waals surface area contributed by atoms with Gasteiger partial charge in [0.15, 0.2) is 6.61 Å². The van der Waals surface area contributed by atoms with Crippen LogP contribution in [0.15, 0.2) is 18.2 Å². The van der Waals surface area contributed by atoms with Crippen molar-refractivity contribution in [3.8, 4) is 5.75 Å². The number of aliphatic hydroxyl groups is 1. The zero-order chi connectivity index (χ0) is 15.0. The van der Waals surface area contributed by atoms with Crippen LogP contribution < -0.4 is 4.74 Å². The van der Waals surface area contributed by atoms with Crippen molar-refractivity contribution in [2.75, 3.05) is 26.8 Å². The van der Waals surface area contributed by atoms with Gasteiger partial charge in [0.1, 0.15) is 5.75 Å². The number of rotatable bonds is 8. The molecule has 4 heteroatoms. The molecule has 0 fully saturated rings. The molecule has 0 aliphatic rings. The summed E-state index contributed by atoms with van der Waals surface area (Å²) in [6, 6.07) is 5.97. The van der Waals surface area contributed by atoms with E-state index in [4.69, 9.17) is 9.84 Å². The van der Waals surface area contributed by atoms with Crippen molar-refractivity contribution in [2.45, 2.75) is 33.1 Å². The molecule has 1 aromatic carbocycles. The van der Waals surface area contributed by atoms with Crippen molar-refractivity contribution >= 4 is 5.91 Å². The number of hydrogen-bond acceptors (Lipinski definition) is 3. The number of amides is 1. The smallest absolute Gasteiger partial charge is 0.260 e. The molecule has 0 saturated carbocycles. The van der Waals surface area contributed by atoms with Crippen molar-refractivity contribution in [3.63, 3.8) is 0 Å². The predicted octanol–water partition coefficient (Wildman–Crippen LogP) is 2.30. The largest absolute Gasteiger partial charge is 0.483 e. The maximum absolute atomic E-state index is 11.9. The van der Waals surface area contributed by atoms with Gasteiger partial charge in [-0.15, -0.1) is 0 Å². The number of nitrogens with zero attached hydrogens (tertiary/aromatic N) is 1. The number of ether oxygens (including phenoxy) is 1. The first-order chi connectivity index (χ1) is 9.54. The second-order valence-corrected chi connectivity index (χ2v) is 5.16. The lowest BCUT2D eigenvalue weighted by Gasteiger charge is -2.18. The maximum Gasteiger partial charge on any atom is 0.260 e. The molecular weight excluding hydrogens is 254 g/mol.